The maximum atomic E-state index is 13.3. The van der Waals surface area contributed by atoms with Gasteiger partial charge >= 0.3 is 0 Å². The van der Waals surface area contributed by atoms with Crippen molar-refractivity contribution in [2.75, 3.05) is 38.1 Å². The molecule has 1 saturated heterocycles. The van der Waals surface area contributed by atoms with E-state index in [-0.39, 0.29) is 49.5 Å². The summed E-state index contributed by atoms with van der Waals surface area (Å²) in [5, 5.41) is 2.72. The third kappa shape index (κ3) is 4.42. The van der Waals surface area contributed by atoms with E-state index in [1.807, 2.05) is 18.2 Å². The highest BCUT2D eigenvalue weighted by Gasteiger charge is 2.33. The second-order valence-electron chi connectivity index (χ2n) is 7.75. The van der Waals surface area contributed by atoms with Gasteiger partial charge in [0, 0.05) is 32.2 Å². The van der Waals surface area contributed by atoms with Crippen LogP contribution in [0.3, 0.4) is 0 Å². The Bertz CT molecular complexity index is 1130. The second-order valence-corrected chi connectivity index (χ2v) is 9.66. The molecule has 4 rings (SSSR count). The van der Waals surface area contributed by atoms with Crippen LogP contribution in [-0.2, 0) is 19.6 Å². The lowest BCUT2D eigenvalue weighted by Gasteiger charge is -2.34. The first kappa shape index (κ1) is 22.1. The SMILES string of the molecule is Cc1cc2c(cc1S(=O)(=O)N1CCN(C(=O)COc3ccccc3)CC1)O[C@@H](C)C(=O)N2. The van der Waals surface area contributed by atoms with Crippen molar-refractivity contribution in [3.63, 3.8) is 0 Å². The molecule has 32 heavy (non-hydrogen) atoms. The van der Waals surface area contributed by atoms with Gasteiger partial charge in [-0.3, -0.25) is 9.59 Å². The first-order valence-electron chi connectivity index (χ1n) is 10.3. The van der Waals surface area contributed by atoms with Crippen LogP contribution >= 0.6 is 0 Å². The molecule has 2 aromatic carbocycles. The Morgan fingerprint density at radius 3 is 2.53 bits per heavy atom. The third-order valence-corrected chi connectivity index (χ3v) is 7.56. The largest absolute Gasteiger partial charge is 0.484 e. The number of fused-ring (bicyclic) bond motifs is 1. The summed E-state index contributed by atoms with van der Waals surface area (Å²) in [5.74, 6) is 0.476. The molecule has 0 unspecified atom stereocenters. The highest BCUT2D eigenvalue weighted by Crippen LogP contribution is 2.35. The molecule has 1 fully saturated rings. The number of aryl methyl sites for hydroxylation is 1. The average molecular weight is 460 g/mol. The Morgan fingerprint density at radius 2 is 1.84 bits per heavy atom. The van der Waals surface area contributed by atoms with Gasteiger partial charge in [0.2, 0.25) is 10.0 Å². The zero-order chi connectivity index (χ0) is 22.9. The fourth-order valence-electron chi connectivity index (χ4n) is 3.69. The van der Waals surface area contributed by atoms with Gasteiger partial charge in [-0.1, -0.05) is 18.2 Å². The van der Waals surface area contributed by atoms with Crippen molar-refractivity contribution < 1.29 is 27.5 Å². The van der Waals surface area contributed by atoms with Crippen LogP contribution in [0.5, 0.6) is 11.5 Å². The van der Waals surface area contributed by atoms with Crippen molar-refractivity contribution >= 4 is 27.5 Å². The van der Waals surface area contributed by atoms with E-state index in [0.717, 1.165) is 0 Å². The smallest absolute Gasteiger partial charge is 0.265 e. The molecule has 0 aromatic heterocycles. The third-order valence-electron chi connectivity index (χ3n) is 5.52. The maximum absolute atomic E-state index is 13.3. The van der Waals surface area contributed by atoms with Crippen LogP contribution in [0, 0.1) is 6.92 Å². The molecule has 2 aromatic rings. The molecule has 2 aliphatic heterocycles. The number of amides is 2. The van der Waals surface area contributed by atoms with Gasteiger partial charge in [-0.15, -0.1) is 0 Å². The van der Waals surface area contributed by atoms with Crippen LogP contribution in [-0.4, -0.2) is 68.3 Å². The summed E-state index contributed by atoms with van der Waals surface area (Å²) in [6.07, 6.45) is -0.701. The van der Waals surface area contributed by atoms with Crippen LogP contribution in [0.1, 0.15) is 12.5 Å². The Hall–Kier alpha value is -3.11. The molecule has 1 N–H and O–H groups in total. The highest BCUT2D eigenvalue weighted by atomic mass is 32.2. The summed E-state index contributed by atoms with van der Waals surface area (Å²) in [7, 11) is -3.79. The lowest BCUT2D eigenvalue weighted by molar-refractivity contribution is -0.134. The Morgan fingerprint density at radius 1 is 1.16 bits per heavy atom. The zero-order valence-corrected chi connectivity index (χ0v) is 18.7. The molecule has 1 atom stereocenters. The van der Waals surface area contributed by atoms with Gasteiger partial charge < -0.3 is 19.7 Å². The summed E-state index contributed by atoms with van der Waals surface area (Å²) < 4.78 is 39.0. The van der Waals surface area contributed by atoms with E-state index >= 15 is 0 Å². The maximum Gasteiger partial charge on any atom is 0.265 e. The molecule has 2 heterocycles. The topological polar surface area (TPSA) is 105 Å². The Labute approximate surface area is 187 Å². The summed E-state index contributed by atoms with van der Waals surface area (Å²) in [6, 6.07) is 12.1. The molecular weight excluding hydrogens is 434 g/mol. The summed E-state index contributed by atoms with van der Waals surface area (Å²) in [4.78, 5) is 26.0. The molecule has 0 radical (unpaired) electrons. The van der Waals surface area contributed by atoms with E-state index in [1.165, 1.54) is 10.4 Å². The average Bonchev–Trinajstić information content (AvgIpc) is 2.79. The van der Waals surface area contributed by atoms with Crippen LogP contribution in [0.15, 0.2) is 47.4 Å². The van der Waals surface area contributed by atoms with Crippen LogP contribution in [0.2, 0.25) is 0 Å². The summed E-state index contributed by atoms with van der Waals surface area (Å²) >= 11 is 0. The minimum absolute atomic E-state index is 0.0953. The van der Waals surface area contributed by atoms with Crippen molar-refractivity contribution in [3.05, 3.63) is 48.0 Å². The van der Waals surface area contributed by atoms with Crippen molar-refractivity contribution in [2.24, 2.45) is 0 Å². The number of carbonyl (C=O) groups is 2. The fourth-order valence-corrected chi connectivity index (χ4v) is 5.33. The Balaban J connectivity index is 1.41. The molecule has 170 valence electrons. The minimum atomic E-state index is -3.79. The molecule has 2 aliphatic rings. The summed E-state index contributed by atoms with van der Waals surface area (Å²) in [5.41, 5.74) is 0.968. The van der Waals surface area contributed by atoms with E-state index in [2.05, 4.69) is 5.32 Å². The van der Waals surface area contributed by atoms with Gasteiger partial charge in [-0.2, -0.15) is 4.31 Å². The number of hydrogen-bond acceptors (Lipinski definition) is 6. The van der Waals surface area contributed by atoms with E-state index in [4.69, 9.17) is 9.47 Å². The highest BCUT2D eigenvalue weighted by molar-refractivity contribution is 7.89. The van der Waals surface area contributed by atoms with Gasteiger partial charge in [0.25, 0.3) is 11.8 Å². The fraction of sp³-hybridized carbons (Fsp3) is 0.364. The number of hydrogen-bond donors (Lipinski definition) is 1. The molecule has 0 saturated carbocycles. The molecule has 0 bridgehead atoms. The van der Waals surface area contributed by atoms with Crippen molar-refractivity contribution in [2.45, 2.75) is 24.8 Å². The normalized spacial score (nSPS) is 19.0. The lowest BCUT2D eigenvalue weighted by atomic mass is 10.1. The predicted octanol–water partition coefficient (Wildman–Crippen LogP) is 1.63. The van der Waals surface area contributed by atoms with E-state index < -0.39 is 16.1 Å². The number of piperazine rings is 1. The van der Waals surface area contributed by atoms with E-state index in [1.54, 1.807) is 36.9 Å². The van der Waals surface area contributed by atoms with Crippen molar-refractivity contribution in [1.82, 2.24) is 9.21 Å². The second kappa shape index (κ2) is 8.79. The van der Waals surface area contributed by atoms with Gasteiger partial charge in [-0.25, -0.2) is 8.42 Å². The Kier molecular flexibility index (Phi) is 6.07. The lowest BCUT2D eigenvalue weighted by Crippen LogP contribution is -2.51. The number of carbonyl (C=O) groups excluding carboxylic acids is 2. The number of ether oxygens (including phenoxy) is 2. The first-order chi connectivity index (χ1) is 15.3. The predicted molar refractivity (Wildman–Crippen MR) is 117 cm³/mol. The van der Waals surface area contributed by atoms with Crippen molar-refractivity contribution in [1.29, 1.82) is 0 Å². The first-order valence-corrected chi connectivity index (χ1v) is 11.8. The van der Waals surface area contributed by atoms with Crippen LogP contribution in [0.4, 0.5) is 5.69 Å². The summed E-state index contributed by atoms with van der Waals surface area (Å²) in [6.45, 7) is 4.12. The van der Waals surface area contributed by atoms with Gasteiger partial charge in [-0.05, 0) is 37.6 Å². The van der Waals surface area contributed by atoms with Crippen molar-refractivity contribution in [3.8, 4) is 11.5 Å². The number of nitrogens with one attached hydrogen (secondary N) is 1. The van der Waals surface area contributed by atoms with Crippen LogP contribution in [0.25, 0.3) is 0 Å². The molecule has 9 nitrogen and oxygen atoms in total. The number of anilines is 1. The molecule has 10 heteroatoms. The van der Waals surface area contributed by atoms with E-state index in [0.29, 0.717) is 22.7 Å². The number of para-hydroxylation sites is 1. The van der Waals surface area contributed by atoms with Gasteiger partial charge in [0.05, 0.1) is 10.6 Å². The number of nitrogens with zero attached hydrogens (tertiary/aromatic N) is 2. The molecule has 0 spiro atoms. The van der Waals surface area contributed by atoms with Gasteiger partial charge in [0.1, 0.15) is 11.5 Å². The molecular formula is C22H25N3O6S. The zero-order valence-electron chi connectivity index (χ0n) is 17.9. The van der Waals surface area contributed by atoms with Gasteiger partial charge in [0.15, 0.2) is 12.7 Å². The van der Waals surface area contributed by atoms with E-state index in [9.17, 15) is 18.0 Å². The molecule has 0 aliphatic carbocycles. The monoisotopic (exact) mass is 459 g/mol. The van der Waals surface area contributed by atoms with Crippen LogP contribution < -0.4 is 14.8 Å². The minimum Gasteiger partial charge on any atom is -0.484 e. The number of rotatable bonds is 5. The standard InChI is InChI=1S/C22H25N3O6S/c1-15-12-18-19(31-16(2)22(27)23-18)13-20(15)32(28,29)25-10-8-24(9-11-25)21(26)14-30-17-6-4-3-5-7-17/h3-7,12-13,16H,8-11,14H2,1-2H3,(H,23,27)/t16-/m0/s1. The molecule has 2 amide bonds. The quantitative estimate of drug-likeness (QED) is 0.729. The number of sulfonamides is 1. The number of benzene rings is 2.